The van der Waals surface area contributed by atoms with E-state index in [4.69, 9.17) is 0 Å². The molecular formula is C15H19N3O2S. The summed E-state index contributed by atoms with van der Waals surface area (Å²) in [5.74, 6) is -0.180. The number of aliphatic hydroxyl groups is 1. The molecule has 0 saturated heterocycles. The second-order valence-electron chi connectivity index (χ2n) is 5.87. The van der Waals surface area contributed by atoms with Crippen molar-refractivity contribution < 1.29 is 9.90 Å². The third kappa shape index (κ3) is 2.73. The standard InChI is InChI=1S/C15H19N3O2S/c1-15(9-19)6-2-5-13(15)16-14(20)11-8-10(17-18-11)12-4-3-7-21-12/h3-4,7-8,13,19H,2,5-6,9H2,1H3,(H,16,20)(H,17,18). The van der Waals surface area contributed by atoms with E-state index in [0.29, 0.717) is 5.69 Å². The van der Waals surface area contributed by atoms with Crippen LogP contribution in [-0.4, -0.2) is 33.9 Å². The van der Waals surface area contributed by atoms with Crippen LogP contribution >= 0.6 is 11.3 Å². The molecule has 3 N–H and O–H groups in total. The highest BCUT2D eigenvalue weighted by Gasteiger charge is 2.39. The Bertz CT molecular complexity index is 623. The zero-order valence-corrected chi connectivity index (χ0v) is 12.7. The molecule has 1 amide bonds. The molecule has 112 valence electrons. The lowest BCUT2D eigenvalue weighted by molar-refractivity contribution is 0.0826. The number of carbonyl (C=O) groups excluding carboxylic acids is 1. The zero-order chi connectivity index (χ0) is 14.9. The molecule has 5 nitrogen and oxygen atoms in total. The van der Waals surface area contributed by atoms with Gasteiger partial charge in [-0.25, -0.2) is 0 Å². The van der Waals surface area contributed by atoms with Crippen LogP contribution in [0.5, 0.6) is 0 Å². The predicted octanol–water partition coefficient (Wildman–Crippen LogP) is 2.42. The van der Waals surface area contributed by atoms with Crippen LogP contribution in [0, 0.1) is 5.41 Å². The summed E-state index contributed by atoms with van der Waals surface area (Å²) in [5, 5.41) is 21.5. The van der Waals surface area contributed by atoms with Crippen LogP contribution in [0.4, 0.5) is 0 Å². The molecule has 2 aromatic heterocycles. The molecule has 1 aliphatic carbocycles. The van der Waals surface area contributed by atoms with Crippen LogP contribution < -0.4 is 5.32 Å². The van der Waals surface area contributed by atoms with Crippen LogP contribution in [0.15, 0.2) is 23.6 Å². The third-order valence-electron chi connectivity index (χ3n) is 4.35. The first-order chi connectivity index (χ1) is 10.1. The minimum absolute atomic E-state index is 0.0110. The Labute approximate surface area is 127 Å². The lowest BCUT2D eigenvalue weighted by atomic mass is 9.86. The average molecular weight is 305 g/mol. The number of rotatable bonds is 4. The van der Waals surface area contributed by atoms with Gasteiger partial charge in [-0.15, -0.1) is 11.3 Å². The molecule has 0 bridgehead atoms. The van der Waals surface area contributed by atoms with Gasteiger partial charge in [0.05, 0.1) is 17.2 Å². The number of amides is 1. The van der Waals surface area contributed by atoms with E-state index >= 15 is 0 Å². The summed E-state index contributed by atoms with van der Waals surface area (Å²) in [6.45, 7) is 2.12. The van der Waals surface area contributed by atoms with Gasteiger partial charge in [-0.3, -0.25) is 9.89 Å². The fraction of sp³-hybridized carbons (Fsp3) is 0.467. The summed E-state index contributed by atoms with van der Waals surface area (Å²) in [7, 11) is 0. The van der Waals surface area contributed by atoms with Crippen molar-refractivity contribution in [1.29, 1.82) is 0 Å². The van der Waals surface area contributed by atoms with Gasteiger partial charge < -0.3 is 10.4 Å². The maximum Gasteiger partial charge on any atom is 0.272 e. The Hall–Kier alpha value is -1.66. The second-order valence-corrected chi connectivity index (χ2v) is 6.82. The van der Waals surface area contributed by atoms with E-state index in [2.05, 4.69) is 15.5 Å². The van der Waals surface area contributed by atoms with Crippen molar-refractivity contribution in [2.24, 2.45) is 5.41 Å². The fourth-order valence-corrected chi connectivity index (χ4v) is 3.59. The summed E-state index contributed by atoms with van der Waals surface area (Å²) in [5.41, 5.74) is 1.03. The van der Waals surface area contributed by atoms with Gasteiger partial charge >= 0.3 is 0 Å². The van der Waals surface area contributed by atoms with E-state index in [0.717, 1.165) is 29.8 Å². The summed E-state index contributed by atoms with van der Waals surface area (Å²) >= 11 is 1.60. The molecule has 0 aliphatic heterocycles. The second kappa shape index (κ2) is 5.61. The Kier molecular flexibility index (Phi) is 3.82. The van der Waals surface area contributed by atoms with Crippen molar-refractivity contribution >= 4 is 17.2 Å². The van der Waals surface area contributed by atoms with Crippen molar-refractivity contribution in [3.63, 3.8) is 0 Å². The highest BCUT2D eigenvalue weighted by molar-refractivity contribution is 7.13. The minimum atomic E-state index is -0.220. The molecule has 1 saturated carbocycles. The molecule has 2 unspecified atom stereocenters. The van der Waals surface area contributed by atoms with E-state index in [1.54, 1.807) is 17.4 Å². The van der Waals surface area contributed by atoms with E-state index in [9.17, 15) is 9.90 Å². The van der Waals surface area contributed by atoms with Crippen molar-refractivity contribution in [3.8, 4) is 10.6 Å². The maximum absolute atomic E-state index is 12.3. The largest absolute Gasteiger partial charge is 0.396 e. The van der Waals surface area contributed by atoms with Gasteiger partial charge in [0.2, 0.25) is 0 Å². The van der Waals surface area contributed by atoms with Gasteiger partial charge in [0.15, 0.2) is 5.69 Å². The Morgan fingerprint density at radius 3 is 3.24 bits per heavy atom. The van der Waals surface area contributed by atoms with Crippen molar-refractivity contribution in [2.45, 2.75) is 32.2 Å². The lowest BCUT2D eigenvalue weighted by Crippen LogP contribution is -2.44. The van der Waals surface area contributed by atoms with Crippen molar-refractivity contribution in [2.75, 3.05) is 6.61 Å². The molecule has 0 radical (unpaired) electrons. The summed E-state index contributed by atoms with van der Waals surface area (Å²) in [6, 6.07) is 5.73. The topological polar surface area (TPSA) is 78.0 Å². The highest BCUT2D eigenvalue weighted by Crippen LogP contribution is 2.37. The normalized spacial score (nSPS) is 25.1. The van der Waals surface area contributed by atoms with Gasteiger partial charge in [-0.2, -0.15) is 5.10 Å². The summed E-state index contributed by atoms with van der Waals surface area (Å²) < 4.78 is 0. The molecule has 0 aromatic carbocycles. The minimum Gasteiger partial charge on any atom is -0.396 e. The van der Waals surface area contributed by atoms with Crippen LogP contribution in [0.3, 0.4) is 0 Å². The molecule has 6 heteroatoms. The number of hydrogen-bond donors (Lipinski definition) is 3. The first-order valence-electron chi connectivity index (χ1n) is 7.13. The number of thiophene rings is 1. The number of nitrogens with zero attached hydrogens (tertiary/aromatic N) is 1. The van der Waals surface area contributed by atoms with Crippen LogP contribution in [0.25, 0.3) is 10.6 Å². The van der Waals surface area contributed by atoms with E-state index in [1.807, 2.05) is 24.4 Å². The van der Waals surface area contributed by atoms with Gasteiger partial charge in [0.1, 0.15) is 0 Å². The Morgan fingerprint density at radius 1 is 1.67 bits per heavy atom. The molecule has 1 fully saturated rings. The van der Waals surface area contributed by atoms with Gasteiger partial charge in [0, 0.05) is 11.5 Å². The van der Waals surface area contributed by atoms with Gasteiger partial charge in [-0.1, -0.05) is 19.4 Å². The molecule has 0 spiro atoms. The van der Waals surface area contributed by atoms with Gasteiger partial charge in [-0.05, 0) is 30.4 Å². The lowest BCUT2D eigenvalue weighted by Gasteiger charge is -2.29. The molecule has 2 aromatic rings. The van der Waals surface area contributed by atoms with Gasteiger partial charge in [0.25, 0.3) is 5.91 Å². The zero-order valence-electron chi connectivity index (χ0n) is 11.9. The number of aromatic amines is 1. The summed E-state index contributed by atoms with van der Waals surface area (Å²) in [4.78, 5) is 13.4. The number of nitrogens with one attached hydrogen (secondary N) is 2. The highest BCUT2D eigenvalue weighted by atomic mass is 32.1. The predicted molar refractivity (Wildman–Crippen MR) is 82.2 cm³/mol. The monoisotopic (exact) mass is 305 g/mol. The molecule has 3 rings (SSSR count). The van der Waals surface area contributed by atoms with Crippen LogP contribution in [0.2, 0.25) is 0 Å². The quantitative estimate of drug-likeness (QED) is 0.812. The van der Waals surface area contributed by atoms with Crippen molar-refractivity contribution in [3.05, 3.63) is 29.3 Å². The molecule has 1 aliphatic rings. The Balaban J connectivity index is 1.71. The van der Waals surface area contributed by atoms with Crippen LogP contribution in [0.1, 0.15) is 36.7 Å². The number of aromatic nitrogens is 2. The smallest absolute Gasteiger partial charge is 0.272 e. The Morgan fingerprint density at radius 2 is 2.52 bits per heavy atom. The average Bonchev–Trinajstić information content (AvgIpc) is 3.19. The van der Waals surface area contributed by atoms with E-state index < -0.39 is 0 Å². The van der Waals surface area contributed by atoms with Crippen molar-refractivity contribution in [1.82, 2.24) is 15.5 Å². The SMILES string of the molecule is CC1(CO)CCCC1NC(=O)c1cc(-c2cccs2)[nH]n1. The number of aliphatic hydroxyl groups excluding tert-OH is 1. The molecular weight excluding hydrogens is 286 g/mol. The number of hydrogen-bond acceptors (Lipinski definition) is 4. The van der Waals surface area contributed by atoms with E-state index in [-0.39, 0.29) is 24.0 Å². The number of carbonyl (C=O) groups is 1. The third-order valence-corrected chi connectivity index (χ3v) is 5.25. The van der Waals surface area contributed by atoms with E-state index in [1.165, 1.54) is 0 Å². The number of H-pyrrole nitrogens is 1. The molecule has 2 heterocycles. The molecule has 21 heavy (non-hydrogen) atoms. The molecule has 2 atom stereocenters. The first-order valence-corrected chi connectivity index (χ1v) is 8.01. The first kappa shape index (κ1) is 14.3. The van der Waals surface area contributed by atoms with Crippen LogP contribution in [-0.2, 0) is 0 Å². The summed E-state index contributed by atoms with van der Waals surface area (Å²) in [6.07, 6.45) is 2.88. The maximum atomic E-state index is 12.3. The fourth-order valence-electron chi connectivity index (χ4n) is 2.90.